The number of hydrogen-bond donors (Lipinski definition) is 1. The van der Waals surface area contributed by atoms with Gasteiger partial charge in [-0.2, -0.15) is 0 Å². The molecule has 4 nitrogen and oxygen atoms in total. The van der Waals surface area contributed by atoms with Gasteiger partial charge in [0.15, 0.2) is 11.5 Å². The van der Waals surface area contributed by atoms with Crippen LogP contribution in [0.4, 0.5) is 0 Å². The molecular formula is C14H18BrNO3. The lowest BCUT2D eigenvalue weighted by Crippen LogP contribution is -2.34. The van der Waals surface area contributed by atoms with Crippen LogP contribution < -0.4 is 14.8 Å². The van der Waals surface area contributed by atoms with Gasteiger partial charge in [-0.1, -0.05) is 0 Å². The van der Waals surface area contributed by atoms with E-state index in [0.717, 1.165) is 48.6 Å². The quantitative estimate of drug-likeness (QED) is 0.925. The second kappa shape index (κ2) is 6.11. The third-order valence-corrected chi connectivity index (χ3v) is 4.06. The maximum Gasteiger partial charge on any atom is 0.175 e. The Bertz CT molecular complexity index is 447. The lowest BCUT2D eigenvalue weighted by molar-refractivity contribution is 0.0776. The molecule has 1 aromatic rings. The summed E-state index contributed by atoms with van der Waals surface area (Å²) in [5.41, 5.74) is 1.21. The van der Waals surface area contributed by atoms with Crippen LogP contribution in [0.15, 0.2) is 16.6 Å². The van der Waals surface area contributed by atoms with E-state index in [9.17, 15) is 0 Å². The van der Waals surface area contributed by atoms with Gasteiger partial charge in [-0.25, -0.2) is 0 Å². The zero-order valence-electron chi connectivity index (χ0n) is 10.8. The summed E-state index contributed by atoms with van der Waals surface area (Å²) in [6.07, 6.45) is 2.18. The first-order chi connectivity index (χ1) is 9.33. The van der Waals surface area contributed by atoms with Gasteiger partial charge in [0.2, 0.25) is 0 Å². The third-order valence-electron chi connectivity index (χ3n) is 3.47. The Labute approximate surface area is 121 Å². The number of hydrogen-bond acceptors (Lipinski definition) is 4. The molecule has 3 rings (SSSR count). The molecule has 0 bridgehead atoms. The van der Waals surface area contributed by atoms with Gasteiger partial charge in [-0.15, -0.1) is 0 Å². The average molecular weight is 328 g/mol. The van der Waals surface area contributed by atoms with Crippen molar-refractivity contribution in [2.75, 3.05) is 26.4 Å². The Kier molecular flexibility index (Phi) is 4.25. The second-order valence-electron chi connectivity index (χ2n) is 4.87. The highest BCUT2D eigenvalue weighted by molar-refractivity contribution is 9.10. The van der Waals surface area contributed by atoms with E-state index in [1.807, 2.05) is 0 Å². The zero-order valence-corrected chi connectivity index (χ0v) is 12.4. The molecule has 0 amide bonds. The maximum atomic E-state index is 5.63. The van der Waals surface area contributed by atoms with Gasteiger partial charge in [0.25, 0.3) is 0 Å². The fourth-order valence-electron chi connectivity index (χ4n) is 2.43. The minimum Gasteiger partial charge on any atom is -0.486 e. The Balaban J connectivity index is 1.65. The van der Waals surface area contributed by atoms with Crippen molar-refractivity contribution in [3.63, 3.8) is 0 Å². The first-order valence-corrected chi connectivity index (χ1v) is 7.51. The molecule has 0 aliphatic carbocycles. The molecular weight excluding hydrogens is 310 g/mol. The number of rotatable bonds is 3. The van der Waals surface area contributed by atoms with Crippen molar-refractivity contribution in [1.82, 2.24) is 5.32 Å². The van der Waals surface area contributed by atoms with Crippen molar-refractivity contribution in [1.29, 1.82) is 0 Å². The standard InChI is InChI=1S/C14H18BrNO3/c15-12-7-10(8-13-14(12)19-6-5-18-13)9-16-11-1-3-17-4-2-11/h7-8,11,16H,1-6,9H2. The normalized spacial score (nSPS) is 19.4. The first-order valence-electron chi connectivity index (χ1n) is 6.72. The lowest BCUT2D eigenvalue weighted by Gasteiger charge is -2.24. The van der Waals surface area contributed by atoms with Gasteiger partial charge in [0.1, 0.15) is 13.2 Å². The molecule has 0 radical (unpaired) electrons. The van der Waals surface area contributed by atoms with E-state index in [-0.39, 0.29) is 0 Å². The molecule has 0 aromatic heterocycles. The largest absolute Gasteiger partial charge is 0.486 e. The molecule has 2 aliphatic rings. The fraction of sp³-hybridized carbons (Fsp3) is 0.571. The molecule has 1 saturated heterocycles. The van der Waals surface area contributed by atoms with Gasteiger partial charge in [-0.05, 0) is 46.5 Å². The third kappa shape index (κ3) is 3.22. The van der Waals surface area contributed by atoms with E-state index < -0.39 is 0 Å². The molecule has 0 spiro atoms. The Morgan fingerprint density at radius 1 is 1.11 bits per heavy atom. The highest BCUT2D eigenvalue weighted by Gasteiger charge is 2.17. The zero-order chi connectivity index (χ0) is 13.1. The van der Waals surface area contributed by atoms with Crippen molar-refractivity contribution < 1.29 is 14.2 Å². The summed E-state index contributed by atoms with van der Waals surface area (Å²) in [7, 11) is 0. The van der Waals surface area contributed by atoms with Crippen LogP contribution in [0.2, 0.25) is 0 Å². The summed E-state index contributed by atoms with van der Waals surface area (Å²) < 4.78 is 17.6. The minimum atomic E-state index is 0.556. The predicted molar refractivity (Wildman–Crippen MR) is 75.8 cm³/mol. The number of ether oxygens (including phenoxy) is 3. The van der Waals surface area contributed by atoms with E-state index in [4.69, 9.17) is 14.2 Å². The van der Waals surface area contributed by atoms with Gasteiger partial charge in [0.05, 0.1) is 4.47 Å². The number of fused-ring (bicyclic) bond motifs is 1. The number of halogens is 1. The Morgan fingerprint density at radius 3 is 2.74 bits per heavy atom. The highest BCUT2D eigenvalue weighted by Crippen LogP contribution is 2.38. The van der Waals surface area contributed by atoms with Gasteiger partial charge in [-0.3, -0.25) is 0 Å². The topological polar surface area (TPSA) is 39.7 Å². The highest BCUT2D eigenvalue weighted by atomic mass is 79.9. The summed E-state index contributed by atoms with van der Waals surface area (Å²) in [5.74, 6) is 1.66. The van der Waals surface area contributed by atoms with E-state index in [0.29, 0.717) is 19.3 Å². The molecule has 1 aromatic carbocycles. The molecule has 1 fully saturated rings. The lowest BCUT2D eigenvalue weighted by atomic mass is 10.1. The molecule has 0 saturated carbocycles. The SMILES string of the molecule is Brc1cc(CNC2CCOCC2)cc2c1OCCO2. The van der Waals surface area contributed by atoms with E-state index >= 15 is 0 Å². The predicted octanol–water partition coefficient (Wildman–Crippen LogP) is 2.49. The molecule has 1 N–H and O–H groups in total. The van der Waals surface area contributed by atoms with E-state index in [2.05, 4.69) is 33.4 Å². The van der Waals surface area contributed by atoms with E-state index in [1.165, 1.54) is 5.56 Å². The van der Waals surface area contributed by atoms with Crippen molar-refractivity contribution in [3.05, 3.63) is 22.2 Å². The van der Waals surface area contributed by atoms with Gasteiger partial charge >= 0.3 is 0 Å². The maximum absolute atomic E-state index is 5.63. The van der Waals surface area contributed by atoms with Crippen LogP contribution in [0.1, 0.15) is 18.4 Å². The number of nitrogens with one attached hydrogen (secondary N) is 1. The summed E-state index contributed by atoms with van der Waals surface area (Å²) in [4.78, 5) is 0. The van der Waals surface area contributed by atoms with Crippen LogP contribution in [0.25, 0.3) is 0 Å². The summed E-state index contributed by atoms with van der Waals surface area (Å²) in [6.45, 7) is 3.81. The number of benzene rings is 1. The monoisotopic (exact) mass is 327 g/mol. The fourth-order valence-corrected chi connectivity index (χ4v) is 3.03. The minimum absolute atomic E-state index is 0.556. The van der Waals surface area contributed by atoms with Crippen LogP contribution in [0.5, 0.6) is 11.5 Å². The van der Waals surface area contributed by atoms with Crippen molar-refractivity contribution in [3.8, 4) is 11.5 Å². The smallest absolute Gasteiger partial charge is 0.175 e. The second-order valence-corrected chi connectivity index (χ2v) is 5.72. The summed E-state index contributed by atoms with van der Waals surface area (Å²) in [5, 5.41) is 3.57. The van der Waals surface area contributed by atoms with Crippen LogP contribution in [0.3, 0.4) is 0 Å². The van der Waals surface area contributed by atoms with Crippen molar-refractivity contribution >= 4 is 15.9 Å². The van der Waals surface area contributed by atoms with Gasteiger partial charge < -0.3 is 19.5 Å². The van der Waals surface area contributed by atoms with Crippen molar-refractivity contribution in [2.45, 2.75) is 25.4 Å². The van der Waals surface area contributed by atoms with Crippen LogP contribution in [-0.4, -0.2) is 32.5 Å². The van der Waals surface area contributed by atoms with Crippen molar-refractivity contribution in [2.24, 2.45) is 0 Å². The van der Waals surface area contributed by atoms with E-state index in [1.54, 1.807) is 0 Å². The van der Waals surface area contributed by atoms with Crippen LogP contribution in [0, 0.1) is 0 Å². The summed E-state index contributed by atoms with van der Waals surface area (Å²) >= 11 is 3.55. The molecule has 104 valence electrons. The van der Waals surface area contributed by atoms with Gasteiger partial charge in [0, 0.05) is 25.8 Å². The molecule has 0 atom stereocenters. The first kappa shape index (κ1) is 13.2. The molecule has 2 aliphatic heterocycles. The van der Waals surface area contributed by atoms with Crippen LogP contribution in [-0.2, 0) is 11.3 Å². The Hall–Kier alpha value is -0.780. The molecule has 5 heteroatoms. The molecule has 0 unspecified atom stereocenters. The average Bonchev–Trinajstić information content (AvgIpc) is 2.46. The Morgan fingerprint density at radius 2 is 1.89 bits per heavy atom. The summed E-state index contributed by atoms with van der Waals surface area (Å²) in [6, 6.07) is 4.71. The van der Waals surface area contributed by atoms with Crippen LogP contribution >= 0.6 is 15.9 Å². The molecule has 2 heterocycles. The molecule has 19 heavy (non-hydrogen) atoms.